The predicted octanol–water partition coefficient (Wildman–Crippen LogP) is 3.77. The van der Waals surface area contributed by atoms with Gasteiger partial charge in [0.05, 0.1) is 12.8 Å². The van der Waals surface area contributed by atoms with Crippen LogP contribution in [0.15, 0.2) is 36.4 Å². The Hall–Kier alpha value is -2.23. The lowest BCUT2D eigenvalue weighted by Gasteiger charge is -2.11. The standard InChI is InChI=1S/C15H16FNO2/c1-3-10-5-4-6-11(7-10)19-15-9-14(18-2)12(16)8-13(15)17/h4-9H,3,17H2,1-2H3. The summed E-state index contributed by atoms with van der Waals surface area (Å²) in [6, 6.07) is 10.3. The monoisotopic (exact) mass is 261 g/mol. The minimum Gasteiger partial charge on any atom is -0.494 e. The molecule has 0 aliphatic heterocycles. The van der Waals surface area contributed by atoms with Crippen LogP contribution >= 0.6 is 0 Å². The van der Waals surface area contributed by atoms with Crippen LogP contribution < -0.4 is 15.2 Å². The fraction of sp³-hybridized carbons (Fsp3) is 0.200. The summed E-state index contributed by atoms with van der Waals surface area (Å²) in [5, 5.41) is 0. The number of methoxy groups -OCH3 is 1. The van der Waals surface area contributed by atoms with Gasteiger partial charge < -0.3 is 15.2 Å². The fourth-order valence-corrected chi connectivity index (χ4v) is 1.75. The van der Waals surface area contributed by atoms with Crippen LogP contribution in [0, 0.1) is 5.82 Å². The number of anilines is 1. The number of halogens is 1. The van der Waals surface area contributed by atoms with E-state index in [0.29, 0.717) is 11.5 Å². The molecule has 0 aromatic heterocycles. The maximum atomic E-state index is 13.4. The molecule has 2 N–H and O–H groups in total. The van der Waals surface area contributed by atoms with Gasteiger partial charge in [0.25, 0.3) is 0 Å². The number of hydrogen-bond donors (Lipinski definition) is 1. The maximum Gasteiger partial charge on any atom is 0.167 e. The molecular formula is C15H16FNO2. The van der Waals surface area contributed by atoms with Crippen molar-refractivity contribution >= 4 is 5.69 Å². The molecule has 0 unspecified atom stereocenters. The molecule has 0 saturated carbocycles. The van der Waals surface area contributed by atoms with Gasteiger partial charge >= 0.3 is 0 Å². The van der Waals surface area contributed by atoms with Crippen LogP contribution in [-0.2, 0) is 6.42 Å². The largest absolute Gasteiger partial charge is 0.494 e. The average Bonchev–Trinajstić information content (AvgIpc) is 2.42. The zero-order valence-corrected chi connectivity index (χ0v) is 10.9. The van der Waals surface area contributed by atoms with Gasteiger partial charge in [-0.25, -0.2) is 4.39 Å². The Morgan fingerprint density at radius 3 is 2.63 bits per heavy atom. The summed E-state index contributed by atoms with van der Waals surface area (Å²) in [5.74, 6) is 0.650. The van der Waals surface area contributed by atoms with Gasteiger partial charge in [-0.1, -0.05) is 19.1 Å². The Morgan fingerprint density at radius 2 is 1.95 bits per heavy atom. The molecular weight excluding hydrogens is 245 g/mol. The van der Waals surface area contributed by atoms with Gasteiger partial charge in [-0.3, -0.25) is 0 Å². The minimum absolute atomic E-state index is 0.107. The van der Waals surface area contributed by atoms with E-state index in [1.54, 1.807) is 0 Å². The van der Waals surface area contributed by atoms with Crippen LogP contribution in [0.1, 0.15) is 12.5 Å². The summed E-state index contributed by atoms with van der Waals surface area (Å²) in [6.07, 6.45) is 0.916. The first kappa shape index (κ1) is 13.2. The molecule has 2 aromatic rings. The molecule has 100 valence electrons. The topological polar surface area (TPSA) is 44.5 Å². The lowest BCUT2D eigenvalue weighted by molar-refractivity contribution is 0.382. The SMILES string of the molecule is CCc1cccc(Oc2cc(OC)c(F)cc2N)c1. The average molecular weight is 261 g/mol. The van der Waals surface area contributed by atoms with Crippen molar-refractivity contribution in [1.82, 2.24) is 0 Å². The quantitative estimate of drug-likeness (QED) is 0.852. The lowest BCUT2D eigenvalue weighted by Crippen LogP contribution is -1.96. The maximum absolute atomic E-state index is 13.4. The Labute approximate surface area is 111 Å². The van der Waals surface area contributed by atoms with Gasteiger partial charge in [0.15, 0.2) is 17.3 Å². The van der Waals surface area contributed by atoms with E-state index in [4.69, 9.17) is 15.2 Å². The Balaban J connectivity index is 2.32. The Morgan fingerprint density at radius 1 is 1.16 bits per heavy atom. The van der Waals surface area contributed by atoms with E-state index < -0.39 is 5.82 Å². The summed E-state index contributed by atoms with van der Waals surface area (Å²) in [6.45, 7) is 2.06. The van der Waals surface area contributed by atoms with Crippen molar-refractivity contribution in [2.24, 2.45) is 0 Å². The van der Waals surface area contributed by atoms with E-state index in [-0.39, 0.29) is 11.4 Å². The van der Waals surface area contributed by atoms with E-state index in [2.05, 4.69) is 6.92 Å². The van der Waals surface area contributed by atoms with Crippen molar-refractivity contribution in [2.45, 2.75) is 13.3 Å². The first-order chi connectivity index (χ1) is 9.13. The minimum atomic E-state index is -0.505. The molecule has 0 spiro atoms. The molecule has 0 aliphatic carbocycles. The second kappa shape index (κ2) is 5.61. The molecule has 0 heterocycles. The number of hydrogen-bond acceptors (Lipinski definition) is 3. The molecule has 2 aromatic carbocycles. The van der Waals surface area contributed by atoms with Crippen LogP contribution in [0.4, 0.5) is 10.1 Å². The second-order valence-electron chi connectivity index (χ2n) is 4.13. The van der Waals surface area contributed by atoms with E-state index in [9.17, 15) is 4.39 Å². The van der Waals surface area contributed by atoms with Crippen LogP contribution in [-0.4, -0.2) is 7.11 Å². The zero-order chi connectivity index (χ0) is 13.8. The number of aryl methyl sites for hydroxylation is 1. The highest BCUT2D eigenvalue weighted by atomic mass is 19.1. The smallest absolute Gasteiger partial charge is 0.167 e. The van der Waals surface area contributed by atoms with Crippen molar-refractivity contribution < 1.29 is 13.9 Å². The normalized spacial score (nSPS) is 10.3. The summed E-state index contributed by atoms with van der Waals surface area (Å²) in [5.41, 5.74) is 7.14. The molecule has 0 bridgehead atoms. The van der Waals surface area contributed by atoms with E-state index in [1.807, 2.05) is 24.3 Å². The zero-order valence-electron chi connectivity index (χ0n) is 10.9. The van der Waals surface area contributed by atoms with Gasteiger partial charge in [-0.05, 0) is 24.1 Å². The molecule has 3 nitrogen and oxygen atoms in total. The van der Waals surface area contributed by atoms with Crippen molar-refractivity contribution in [1.29, 1.82) is 0 Å². The fourth-order valence-electron chi connectivity index (χ4n) is 1.75. The molecule has 19 heavy (non-hydrogen) atoms. The van der Waals surface area contributed by atoms with Gasteiger partial charge in [0.2, 0.25) is 0 Å². The van der Waals surface area contributed by atoms with E-state index in [1.165, 1.54) is 19.2 Å². The van der Waals surface area contributed by atoms with Gasteiger partial charge in [0, 0.05) is 12.1 Å². The van der Waals surface area contributed by atoms with Crippen molar-refractivity contribution in [2.75, 3.05) is 12.8 Å². The highest BCUT2D eigenvalue weighted by Crippen LogP contribution is 2.33. The molecule has 0 fully saturated rings. The molecule has 2 rings (SSSR count). The van der Waals surface area contributed by atoms with E-state index in [0.717, 1.165) is 12.0 Å². The summed E-state index contributed by atoms with van der Waals surface area (Å²) in [7, 11) is 1.40. The van der Waals surface area contributed by atoms with Crippen molar-refractivity contribution in [3.63, 3.8) is 0 Å². The summed E-state index contributed by atoms with van der Waals surface area (Å²) in [4.78, 5) is 0. The Bertz CT molecular complexity index is 584. The molecule has 0 amide bonds. The van der Waals surface area contributed by atoms with Gasteiger partial charge in [-0.15, -0.1) is 0 Å². The number of rotatable bonds is 4. The van der Waals surface area contributed by atoms with Crippen molar-refractivity contribution in [3.05, 3.63) is 47.8 Å². The number of benzene rings is 2. The van der Waals surface area contributed by atoms with Gasteiger partial charge in [0.1, 0.15) is 5.75 Å². The van der Waals surface area contributed by atoms with Gasteiger partial charge in [-0.2, -0.15) is 0 Å². The van der Waals surface area contributed by atoms with Crippen LogP contribution in [0.3, 0.4) is 0 Å². The summed E-state index contributed by atoms with van der Waals surface area (Å²) < 4.78 is 24.0. The first-order valence-corrected chi connectivity index (χ1v) is 6.04. The summed E-state index contributed by atoms with van der Waals surface area (Å²) >= 11 is 0. The molecule has 0 atom stereocenters. The molecule has 0 radical (unpaired) electrons. The molecule has 0 aliphatic rings. The van der Waals surface area contributed by atoms with Crippen LogP contribution in [0.25, 0.3) is 0 Å². The lowest BCUT2D eigenvalue weighted by atomic mass is 10.2. The van der Waals surface area contributed by atoms with Crippen LogP contribution in [0.5, 0.6) is 17.2 Å². The second-order valence-corrected chi connectivity index (χ2v) is 4.13. The van der Waals surface area contributed by atoms with Crippen LogP contribution in [0.2, 0.25) is 0 Å². The van der Waals surface area contributed by atoms with Crippen molar-refractivity contribution in [3.8, 4) is 17.2 Å². The highest BCUT2D eigenvalue weighted by Gasteiger charge is 2.10. The number of ether oxygens (including phenoxy) is 2. The third kappa shape index (κ3) is 2.96. The first-order valence-electron chi connectivity index (χ1n) is 6.04. The third-order valence-electron chi connectivity index (χ3n) is 2.82. The van der Waals surface area contributed by atoms with E-state index >= 15 is 0 Å². The number of nitrogen functional groups attached to an aromatic ring is 1. The Kier molecular flexibility index (Phi) is 3.90. The third-order valence-corrected chi connectivity index (χ3v) is 2.82. The number of nitrogens with two attached hydrogens (primary N) is 1. The molecule has 4 heteroatoms. The highest BCUT2D eigenvalue weighted by molar-refractivity contribution is 5.57. The molecule has 0 saturated heterocycles. The predicted molar refractivity (Wildman–Crippen MR) is 73.3 cm³/mol.